The zero-order chi connectivity index (χ0) is 13.9. The molecule has 1 atom stereocenters. The lowest BCUT2D eigenvalue weighted by Crippen LogP contribution is -2.37. The first kappa shape index (κ1) is 16.1. The van der Waals surface area contributed by atoms with E-state index in [9.17, 15) is 4.79 Å². The Bertz CT molecular complexity index is 356. The number of carboxylic acid groups (broad SMARTS) is 1. The largest absolute Gasteiger partial charge is 0.480 e. The second-order valence-electron chi connectivity index (χ2n) is 4.53. The Morgan fingerprint density at radius 1 is 1.37 bits per heavy atom. The lowest BCUT2D eigenvalue weighted by Gasteiger charge is -2.13. The van der Waals surface area contributed by atoms with Crippen molar-refractivity contribution in [3.8, 4) is 0 Å². The molecule has 0 aliphatic rings. The maximum Gasteiger partial charge on any atom is 0.320 e. The molecule has 2 N–H and O–H groups in total. The van der Waals surface area contributed by atoms with Crippen molar-refractivity contribution in [2.45, 2.75) is 38.0 Å². The van der Waals surface area contributed by atoms with Gasteiger partial charge in [0.15, 0.2) is 0 Å². The summed E-state index contributed by atoms with van der Waals surface area (Å²) in [6, 6.07) is 9.93. The standard InChI is InChI=1S/C15H23NO2S/c1-2-3-9-14(15(17)18)16-10-11-19-12-13-7-5-4-6-8-13/h4-8,14,16H,2-3,9-12H2,1H3,(H,17,18)/t14-/m0/s1. The van der Waals surface area contributed by atoms with E-state index in [0.717, 1.165) is 37.3 Å². The third kappa shape index (κ3) is 7.23. The summed E-state index contributed by atoms with van der Waals surface area (Å²) in [7, 11) is 0. The normalized spacial score (nSPS) is 12.3. The van der Waals surface area contributed by atoms with Gasteiger partial charge in [-0.3, -0.25) is 4.79 Å². The van der Waals surface area contributed by atoms with Crippen molar-refractivity contribution in [3.63, 3.8) is 0 Å². The first-order valence-corrected chi connectivity index (χ1v) is 7.97. The number of thioether (sulfide) groups is 1. The van der Waals surface area contributed by atoms with E-state index in [4.69, 9.17) is 5.11 Å². The molecule has 0 saturated carbocycles. The van der Waals surface area contributed by atoms with Crippen LogP contribution in [0.1, 0.15) is 31.7 Å². The van der Waals surface area contributed by atoms with E-state index in [-0.39, 0.29) is 0 Å². The molecule has 0 amide bonds. The molecule has 106 valence electrons. The van der Waals surface area contributed by atoms with Gasteiger partial charge in [0.25, 0.3) is 0 Å². The Hall–Kier alpha value is -1.00. The zero-order valence-corrected chi connectivity index (χ0v) is 12.3. The molecule has 0 saturated heterocycles. The molecule has 0 aliphatic heterocycles. The molecule has 0 bridgehead atoms. The highest BCUT2D eigenvalue weighted by atomic mass is 32.2. The van der Waals surface area contributed by atoms with Gasteiger partial charge in [-0.25, -0.2) is 0 Å². The Morgan fingerprint density at radius 2 is 2.11 bits per heavy atom. The average Bonchev–Trinajstić information content (AvgIpc) is 2.42. The van der Waals surface area contributed by atoms with Gasteiger partial charge in [-0.05, 0) is 12.0 Å². The number of aliphatic carboxylic acids is 1. The summed E-state index contributed by atoms with van der Waals surface area (Å²) in [5, 5.41) is 12.2. The Balaban J connectivity index is 2.13. The summed E-state index contributed by atoms with van der Waals surface area (Å²) in [4.78, 5) is 11.0. The van der Waals surface area contributed by atoms with Crippen molar-refractivity contribution in [1.82, 2.24) is 5.32 Å². The summed E-state index contributed by atoms with van der Waals surface area (Å²) in [5.41, 5.74) is 1.31. The van der Waals surface area contributed by atoms with Gasteiger partial charge in [0.1, 0.15) is 6.04 Å². The van der Waals surface area contributed by atoms with Gasteiger partial charge in [0.05, 0.1) is 0 Å². The van der Waals surface area contributed by atoms with E-state index in [2.05, 4.69) is 24.4 Å². The first-order chi connectivity index (χ1) is 9.24. The van der Waals surface area contributed by atoms with Gasteiger partial charge in [0, 0.05) is 18.1 Å². The predicted octanol–water partition coefficient (Wildman–Crippen LogP) is 3.15. The lowest BCUT2D eigenvalue weighted by atomic mass is 10.1. The van der Waals surface area contributed by atoms with Crippen LogP contribution in [0.2, 0.25) is 0 Å². The van der Waals surface area contributed by atoms with Crippen LogP contribution in [-0.2, 0) is 10.5 Å². The van der Waals surface area contributed by atoms with E-state index in [1.807, 2.05) is 30.0 Å². The summed E-state index contributed by atoms with van der Waals surface area (Å²) in [6.45, 7) is 2.83. The fraction of sp³-hybridized carbons (Fsp3) is 0.533. The van der Waals surface area contributed by atoms with E-state index >= 15 is 0 Å². The topological polar surface area (TPSA) is 49.3 Å². The molecule has 0 aromatic heterocycles. The van der Waals surface area contributed by atoms with E-state index in [0.29, 0.717) is 0 Å². The minimum absolute atomic E-state index is 0.391. The van der Waals surface area contributed by atoms with Crippen LogP contribution >= 0.6 is 11.8 Å². The van der Waals surface area contributed by atoms with Crippen LogP contribution in [0.5, 0.6) is 0 Å². The second kappa shape index (κ2) is 9.87. The van der Waals surface area contributed by atoms with Gasteiger partial charge in [0.2, 0.25) is 0 Å². The van der Waals surface area contributed by atoms with Gasteiger partial charge in [-0.2, -0.15) is 11.8 Å². The number of unbranched alkanes of at least 4 members (excludes halogenated alkanes) is 1. The van der Waals surface area contributed by atoms with Crippen LogP contribution in [-0.4, -0.2) is 29.4 Å². The van der Waals surface area contributed by atoms with Gasteiger partial charge < -0.3 is 10.4 Å². The molecule has 0 heterocycles. The van der Waals surface area contributed by atoms with E-state index in [1.54, 1.807) is 0 Å². The Kier molecular flexibility index (Phi) is 8.34. The van der Waals surface area contributed by atoms with E-state index in [1.165, 1.54) is 5.56 Å². The molecular weight excluding hydrogens is 258 g/mol. The molecule has 0 fully saturated rings. The van der Waals surface area contributed by atoms with Crippen LogP contribution in [0.4, 0.5) is 0 Å². The maximum absolute atomic E-state index is 11.0. The third-order valence-electron chi connectivity index (χ3n) is 2.89. The molecule has 0 aliphatic carbocycles. The smallest absolute Gasteiger partial charge is 0.320 e. The van der Waals surface area contributed by atoms with Crippen LogP contribution < -0.4 is 5.32 Å². The average molecular weight is 281 g/mol. The van der Waals surface area contributed by atoms with Crippen molar-refractivity contribution in [2.24, 2.45) is 0 Å². The van der Waals surface area contributed by atoms with Crippen LogP contribution in [0.3, 0.4) is 0 Å². The quantitative estimate of drug-likeness (QED) is 0.647. The predicted molar refractivity (Wildman–Crippen MR) is 81.6 cm³/mol. The van der Waals surface area contributed by atoms with Crippen LogP contribution in [0.15, 0.2) is 30.3 Å². The Labute approximate surface area is 119 Å². The molecule has 4 heteroatoms. The van der Waals surface area contributed by atoms with Crippen molar-refractivity contribution in [3.05, 3.63) is 35.9 Å². The number of hydrogen-bond acceptors (Lipinski definition) is 3. The number of hydrogen-bond donors (Lipinski definition) is 2. The molecule has 19 heavy (non-hydrogen) atoms. The highest BCUT2D eigenvalue weighted by Crippen LogP contribution is 2.11. The first-order valence-electron chi connectivity index (χ1n) is 6.82. The molecule has 3 nitrogen and oxygen atoms in total. The van der Waals surface area contributed by atoms with Crippen LogP contribution in [0, 0.1) is 0 Å². The monoisotopic (exact) mass is 281 g/mol. The third-order valence-corrected chi connectivity index (χ3v) is 3.92. The molecule has 0 spiro atoms. The molecule has 0 radical (unpaired) electrons. The fourth-order valence-corrected chi connectivity index (χ4v) is 2.63. The van der Waals surface area contributed by atoms with Crippen molar-refractivity contribution >= 4 is 17.7 Å². The highest BCUT2D eigenvalue weighted by molar-refractivity contribution is 7.98. The number of benzene rings is 1. The Morgan fingerprint density at radius 3 is 2.74 bits per heavy atom. The minimum Gasteiger partial charge on any atom is -0.480 e. The van der Waals surface area contributed by atoms with Crippen molar-refractivity contribution in [1.29, 1.82) is 0 Å². The van der Waals surface area contributed by atoms with Crippen molar-refractivity contribution < 1.29 is 9.90 Å². The van der Waals surface area contributed by atoms with Crippen LogP contribution in [0.25, 0.3) is 0 Å². The fourth-order valence-electron chi connectivity index (χ4n) is 1.79. The summed E-state index contributed by atoms with van der Waals surface area (Å²) in [6.07, 6.45) is 2.71. The van der Waals surface area contributed by atoms with E-state index < -0.39 is 12.0 Å². The van der Waals surface area contributed by atoms with Gasteiger partial charge in [-0.1, -0.05) is 50.1 Å². The van der Waals surface area contributed by atoms with Gasteiger partial charge in [-0.15, -0.1) is 0 Å². The molecule has 1 rings (SSSR count). The lowest BCUT2D eigenvalue weighted by molar-refractivity contribution is -0.139. The summed E-state index contributed by atoms with van der Waals surface area (Å²) in [5.74, 6) is 1.18. The van der Waals surface area contributed by atoms with Gasteiger partial charge >= 0.3 is 5.97 Å². The number of rotatable bonds is 10. The number of nitrogens with one attached hydrogen (secondary N) is 1. The number of carboxylic acids is 1. The molecule has 1 aromatic rings. The summed E-state index contributed by atoms with van der Waals surface area (Å²) < 4.78 is 0. The molecule has 1 aromatic carbocycles. The number of carbonyl (C=O) groups is 1. The highest BCUT2D eigenvalue weighted by Gasteiger charge is 2.14. The second-order valence-corrected chi connectivity index (χ2v) is 5.63. The maximum atomic E-state index is 11.0. The summed E-state index contributed by atoms with van der Waals surface area (Å²) >= 11 is 1.83. The minimum atomic E-state index is -0.735. The molecular formula is C15H23NO2S. The zero-order valence-electron chi connectivity index (χ0n) is 11.5. The van der Waals surface area contributed by atoms with Crippen molar-refractivity contribution in [2.75, 3.05) is 12.3 Å². The SMILES string of the molecule is CCCC[C@H](NCCSCc1ccccc1)C(=O)O. The molecule has 0 unspecified atom stereocenters.